The van der Waals surface area contributed by atoms with E-state index in [2.05, 4.69) is 15.3 Å². The number of methoxy groups -OCH3 is 1. The third kappa shape index (κ3) is 3.66. The van der Waals surface area contributed by atoms with Gasteiger partial charge in [0.25, 0.3) is 0 Å². The van der Waals surface area contributed by atoms with Gasteiger partial charge in [0.2, 0.25) is 0 Å². The molecule has 5 nitrogen and oxygen atoms in total. The first-order chi connectivity index (χ1) is 8.49. The molecule has 3 N–H and O–H groups in total. The average molecular weight is 252 g/mol. The Labute approximate surface area is 109 Å². The molecule has 1 unspecified atom stereocenters. The Hall–Kier alpha value is -1.17. The van der Waals surface area contributed by atoms with Crippen LogP contribution in [0.5, 0.6) is 5.75 Å². The van der Waals surface area contributed by atoms with Crippen LogP contribution in [0.2, 0.25) is 0 Å². The standard InChI is InChI=1S/C13H24N4O/c1-9-7-15-12(10(2)13(9)18-5)6-11(16-14)8-17(3)4/h7,11,16H,6,8,14H2,1-5H3. The summed E-state index contributed by atoms with van der Waals surface area (Å²) in [5.74, 6) is 6.50. The zero-order valence-electron chi connectivity index (χ0n) is 11.9. The Morgan fingerprint density at radius 1 is 1.44 bits per heavy atom. The van der Waals surface area contributed by atoms with E-state index in [4.69, 9.17) is 10.6 Å². The van der Waals surface area contributed by atoms with Gasteiger partial charge in [0.1, 0.15) is 5.75 Å². The van der Waals surface area contributed by atoms with Gasteiger partial charge in [-0.1, -0.05) is 0 Å². The molecule has 0 radical (unpaired) electrons. The van der Waals surface area contributed by atoms with E-state index in [0.717, 1.165) is 35.5 Å². The largest absolute Gasteiger partial charge is 0.496 e. The number of ether oxygens (including phenoxy) is 1. The lowest BCUT2D eigenvalue weighted by Gasteiger charge is -2.21. The van der Waals surface area contributed by atoms with Gasteiger partial charge in [0.15, 0.2) is 0 Å². The fourth-order valence-electron chi connectivity index (χ4n) is 2.13. The lowest BCUT2D eigenvalue weighted by molar-refractivity contribution is 0.336. The van der Waals surface area contributed by atoms with Crippen LogP contribution < -0.4 is 16.0 Å². The number of nitrogens with zero attached hydrogens (tertiary/aromatic N) is 2. The van der Waals surface area contributed by atoms with Crippen LogP contribution in [-0.4, -0.2) is 43.7 Å². The first-order valence-electron chi connectivity index (χ1n) is 6.09. The number of hydrogen-bond acceptors (Lipinski definition) is 5. The second kappa shape index (κ2) is 6.68. The van der Waals surface area contributed by atoms with E-state index in [9.17, 15) is 0 Å². The van der Waals surface area contributed by atoms with Crippen molar-refractivity contribution in [1.82, 2.24) is 15.3 Å². The van der Waals surface area contributed by atoms with Crippen LogP contribution in [0.1, 0.15) is 16.8 Å². The van der Waals surface area contributed by atoms with Crippen molar-refractivity contribution in [2.75, 3.05) is 27.7 Å². The lowest BCUT2D eigenvalue weighted by atomic mass is 10.0. The summed E-state index contributed by atoms with van der Waals surface area (Å²) >= 11 is 0. The number of pyridine rings is 1. The molecule has 1 heterocycles. The van der Waals surface area contributed by atoms with Crippen molar-refractivity contribution in [3.8, 4) is 5.75 Å². The number of nitrogens with two attached hydrogens (primary N) is 1. The summed E-state index contributed by atoms with van der Waals surface area (Å²) in [4.78, 5) is 6.59. The Kier molecular flexibility index (Phi) is 5.53. The maximum atomic E-state index is 5.58. The van der Waals surface area contributed by atoms with Crippen molar-refractivity contribution in [2.24, 2.45) is 5.84 Å². The van der Waals surface area contributed by atoms with E-state index in [-0.39, 0.29) is 6.04 Å². The number of hydrazine groups is 1. The van der Waals surface area contributed by atoms with Crippen molar-refractivity contribution >= 4 is 0 Å². The first-order valence-corrected chi connectivity index (χ1v) is 6.09. The van der Waals surface area contributed by atoms with E-state index in [1.807, 2.05) is 34.1 Å². The second-order valence-electron chi connectivity index (χ2n) is 4.88. The maximum Gasteiger partial charge on any atom is 0.128 e. The number of likely N-dealkylation sites (N-methyl/N-ethyl adjacent to an activating group) is 1. The molecule has 0 aliphatic rings. The normalized spacial score (nSPS) is 12.8. The van der Waals surface area contributed by atoms with Gasteiger partial charge in [0, 0.05) is 42.0 Å². The molecule has 1 atom stereocenters. The SMILES string of the molecule is COc1c(C)cnc(CC(CN(C)C)NN)c1C. The van der Waals surface area contributed by atoms with Crippen molar-refractivity contribution in [1.29, 1.82) is 0 Å². The van der Waals surface area contributed by atoms with Crippen LogP contribution in [0.25, 0.3) is 0 Å². The highest BCUT2D eigenvalue weighted by Crippen LogP contribution is 2.24. The predicted molar refractivity (Wildman–Crippen MR) is 73.6 cm³/mol. The average Bonchev–Trinajstić information content (AvgIpc) is 2.31. The summed E-state index contributed by atoms with van der Waals surface area (Å²) in [5, 5.41) is 0. The number of hydrogen-bond donors (Lipinski definition) is 2. The fourth-order valence-corrected chi connectivity index (χ4v) is 2.13. The minimum Gasteiger partial charge on any atom is -0.496 e. The van der Waals surface area contributed by atoms with Crippen LogP contribution in [-0.2, 0) is 6.42 Å². The molecule has 0 amide bonds. The van der Waals surface area contributed by atoms with Gasteiger partial charge < -0.3 is 9.64 Å². The molecule has 0 aliphatic heterocycles. The number of aryl methyl sites for hydroxylation is 1. The highest BCUT2D eigenvalue weighted by molar-refractivity contribution is 5.41. The molecule has 0 fully saturated rings. The van der Waals surface area contributed by atoms with Gasteiger partial charge in [-0.2, -0.15) is 0 Å². The monoisotopic (exact) mass is 252 g/mol. The molecule has 1 rings (SSSR count). The maximum absolute atomic E-state index is 5.58. The molecule has 0 saturated heterocycles. The Morgan fingerprint density at radius 2 is 2.11 bits per heavy atom. The number of nitrogens with one attached hydrogen (secondary N) is 1. The van der Waals surface area contributed by atoms with Crippen molar-refractivity contribution < 1.29 is 4.74 Å². The molecule has 1 aromatic heterocycles. The molecule has 0 saturated carbocycles. The van der Waals surface area contributed by atoms with Crippen molar-refractivity contribution in [3.63, 3.8) is 0 Å². The molecule has 0 aromatic carbocycles. The van der Waals surface area contributed by atoms with Gasteiger partial charge in [0.05, 0.1) is 7.11 Å². The Morgan fingerprint density at radius 3 is 2.61 bits per heavy atom. The third-order valence-electron chi connectivity index (χ3n) is 3.01. The van der Waals surface area contributed by atoms with Gasteiger partial charge >= 0.3 is 0 Å². The van der Waals surface area contributed by atoms with E-state index < -0.39 is 0 Å². The topological polar surface area (TPSA) is 63.4 Å². The molecule has 0 aliphatic carbocycles. The summed E-state index contributed by atoms with van der Waals surface area (Å²) < 4.78 is 5.41. The minimum absolute atomic E-state index is 0.179. The molecular formula is C13H24N4O. The quantitative estimate of drug-likeness (QED) is 0.575. The smallest absolute Gasteiger partial charge is 0.128 e. The molecule has 0 spiro atoms. The second-order valence-corrected chi connectivity index (χ2v) is 4.88. The molecule has 18 heavy (non-hydrogen) atoms. The zero-order valence-corrected chi connectivity index (χ0v) is 11.9. The molecule has 102 valence electrons. The van der Waals surface area contributed by atoms with Crippen LogP contribution in [0.3, 0.4) is 0 Å². The van der Waals surface area contributed by atoms with Crippen LogP contribution in [0, 0.1) is 13.8 Å². The van der Waals surface area contributed by atoms with Gasteiger partial charge in [-0.15, -0.1) is 0 Å². The fraction of sp³-hybridized carbons (Fsp3) is 0.615. The van der Waals surface area contributed by atoms with Gasteiger partial charge in [-0.05, 0) is 27.9 Å². The Balaban J connectivity index is 2.90. The molecule has 5 heteroatoms. The number of rotatable bonds is 6. The van der Waals surface area contributed by atoms with Crippen LogP contribution >= 0.6 is 0 Å². The van der Waals surface area contributed by atoms with Crippen molar-refractivity contribution in [3.05, 3.63) is 23.0 Å². The summed E-state index contributed by atoms with van der Waals surface area (Å²) in [5.41, 5.74) is 6.02. The molecular weight excluding hydrogens is 228 g/mol. The van der Waals surface area contributed by atoms with E-state index in [0.29, 0.717) is 0 Å². The third-order valence-corrected chi connectivity index (χ3v) is 3.01. The summed E-state index contributed by atoms with van der Waals surface area (Å²) in [6, 6.07) is 0.179. The van der Waals surface area contributed by atoms with E-state index in [1.54, 1.807) is 7.11 Å². The lowest BCUT2D eigenvalue weighted by Crippen LogP contribution is -2.44. The summed E-state index contributed by atoms with van der Waals surface area (Å²) in [7, 11) is 5.75. The van der Waals surface area contributed by atoms with Crippen LogP contribution in [0.15, 0.2) is 6.20 Å². The predicted octanol–water partition coefficient (Wildman–Crippen LogP) is 0.643. The van der Waals surface area contributed by atoms with E-state index in [1.165, 1.54) is 0 Å². The zero-order chi connectivity index (χ0) is 13.7. The Bertz CT molecular complexity index is 393. The summed E-state index contributed by atoms with van der Waals surface area (Å²) in [6.07, 6.45) is 2.64. The highest BCUT2D eigenvalue weighted by Gasteiger charge is 2.15. The van der Waals surface area contributed by atoms with E-state index >= 15 is 0 Å². The number of aromatic nitrogens is 1. The minimum atomic E-state index is 0.179. The van der Waals surface area contributed by atoms with Crippen molar-refractivity contribution in [2.45, 2.75) is 26.3 Å². The first kappa shape index (κ1) is 14.9. The molecule has 0 bridgehead atoms. The summed E-state index contributed by atoms with van der Waals surface area (Å²) in [6.45, 7) is 4.91. The highest BCUT2D eigenvalue weighted by atomic mass is 16.5. The molecule has 1 aromatic rings. The van der Waals surface area contributed by atoms with Gasteiger partial charge in [-0.25, -0.2) is 0 Å². The van der Waals surface area contributed by atoms with Crippen LogP contribution in [0.4, 0.5) is 0 Å². The van der Waals surface area contributed by atoms with Gasteiger partial charge in [-0.3, -0.25) is 16.3 Å².